The molecule has 152 valence electrons. The molecule has 3 aromatic heterocycles. The average molecular weight is 431 g/mol. The summed E-state index contributed by atoms with van der Waals surface area (Å²) in [5, 5.41) is 0.569. The number of aromatic nitrogens is 4. The second-order valence-electron chi connectivity index (χ2n) is 7.41. The Labute approximate surface area is 179 Å². The molecule has 1 N–H and O–H groups in total. The van der Waals surface area contributed by atoms with Crippen molar-refractivity contribution in [3.05, 3.63) is 29.4 Å². The van der Waals surface area contributed by atoms with Crippen molar-refractivity contribution in [2.75, 3.05) is 37.3 Å². The first kappa shape index (κ1) is 19.0. The molecule has 5 rings (SSSR count). The van der Waals surface area contributed by atoms with Gasteiger partial charge in [0.1, 0.15) is 11.9 Å². The predicted molar refractivity (Wildman–Crippen MR) is 118 cm³/mol. The highest BCUT2D eigenvalue weighted by atomic mass is 35.5. The number of rotatable bonds is 5. The largest absolute Gasteiger partial charge is 0.461 e. The van der Waals surface area contributed by atoms with E-state index in [-0.39, 0.29) is 6.10 Å². The smallest absolute Gasteiger partial charge is 0.296 e. The summed E-state index contributed by atoms with van der Waals surface area (Å²) in [5.74, 6) is 0.989. The van der Waals surface area contributed by atoms with E-state index in [4.69, 9.17) is 16.3 Å². The van der Waals surface area contributed by atoms with Crippen molar-refractivity contribution in [2.45, 2.75) is 25.4 Å². The van der Waals surface area contributed by atoms with Crippen LogP contribution in [0.2, 0.25) is 5.02 Å². The quantitative estimate of drug-likeness (QED) is 0.613. The van der Waals surface area contributed by atoms with Crippen molar-refractivity contribution in [3.63, 3.8) is 0 Å². The number of piperazine rings is 1. The Morgan fingerprint density at radius 1 is 1.17 bits per heavy atom. The zero-order chi connectivity index (χ0) is 19.8. The summed E-state index contributed by atoms with van der Waals surface area (Å²) in [4.78, 5) is 19.3. The summed E-state index contributed by atoms with van der Waals surface area (Å²) in [5.41, 5.74) is 2.96. The number of nitrogens with one attached hydrogen (secondary N) is 1. The molecule has 7 nitrogen and oxygen atoms in total. The molecule has 0 atom stereocenters. The maximum atomic E-state index is 6.51. The fourth-order valence-corrected chi connectivity index (χ4v) is 4.40. The number of fused-ring (bicyclic) bond motifs is 1. The van der Waals surface area contributed by atoms with Crippen LogP contribution < -0.4 is 9.64 Å². The molecule has 0 unspecified atom stereocenters. The zero-order valence-electron chi connectivity index (χ0n) is 16.3. The van der Waals surface area contributed by atoms with Crippen LogP contribution in [0, 0.1) is 0 Å². The summed E-state index contributed by atoms with van der Waals surface area (Å²) in [6, 6.07) is 6.45. The van der Waals surface area contributed by atoms with Crippen LogP contribution in [-0.2, 0) is 0 Å². The summed E-state index contributed by atoms with van der Waals surface area (Å²) in [7, 11) is 0. The van der Waals surface area contributed by atoms with Gasteiger partial charge in [-0.25, -0.2) is 14.3 Å². The molecule has 2 aliphatic rings. The number of nitrogens with zero attached hydrogens (tertiary/aromatic N) is 5. The van der Waals surface area contributed by atoms with Gasteiger partial charge in [0.05, 0.1) is 16.2 Å². The average Bonchev–Trinajstić information content (AvgIpc) is 3.12. The topological polar surface area (TPSA) is 70.2 Å². The number of hydrogen-bond acceptors (Lipinski definition) is 7. The lowest BCUT2D eigenvalue weighted by Gasteiger charge is -2.33. The van der Waals surface area contributed by atoms with E-state index < -0.39 is 0 Å². The number of halogens is 1. The normalized spacial score (nSPS) is 18.2. The lowest BCUT2D eigenvalue weighted by Crippen LogP contribution is -2.43. The van der Waals surface area contributed by atoms with Gasteiger partial charge in [0.2, 0.25) is 0 Å². The van der Waals surface area contributed by atoms with Gasteiger partial charge in [0, 0.05) is 37.9 Å². The van der Waals surface area contributed by atoms with E-state index in [0.717, 1.165) is 55.9 Å². The lowest BCUT2D eigenvalue weighted by atomic mass is 9.96. The lowest BCUT2D eigenvalue weighted by molar-refractivity contribution is 0.110. The van der Waals surface area contributed by atoms with E-state index in [1.54, 1.807) is 11.9 Å². The number of H-pyrrole nitrogens is 1. The van der Waals surface area contributed by atoms with Gasteiger partial charge in [-0.2, -0.15) is 4.98 Å². The van der Waals surface area contributed by atoms with E-state index in [2.05, 4.69) is 35.4 Å². The van der Waals surface area contributed by atoms with Gasteiger partial charge < -0.3 is 14.6 Å². The Bertz CT molecular complexity index is 998. The molecule has 3 aromatic rings. The second kappa shape index (κ2) is 8.01. The number of aromatic amines is 1. The van der Waals surface area contributed by atoms with Crippen LogP contribution in [0.4, 0.5) is 5.82 Å². The molecule has 0 radical (unpaired) electrons. The zero-order valence-corrected chi connectivity index (χ0v) is 17.8. The van der Waals surface area contributed by atoms with E-state index >= 15 is 0 Å². The number of ether oxygens (including phenoxy) is 1. The van der Waals surface area contributed by atoms with Crippen molar-refractivity contribution in [2.24, 2.45) is 0 Å². The first-order valence-corrected chi connectivity index (χ1v) is 11.5. The second-order valence-corrected chi connectivity index (χ2v) is 8.70. The molecule has 1 saturated carbocycles. The molecule has 2 fully saturated rings. The molecule has 4 heterocycles. The van der Waals surface area contributed by atoms with Crippen molar-refractivity contribution in [3.8, 4) is 17.3 Å². The summed E-state index contributed by atoms with van der Waals surface area (Å²) in [6.45, 7) is 4.04. The van der Waals surface area contributed by atoms with E-state index in [1.165, 1.54) is 6.42 Å². The van der Waals surface area contributed by atoms with Crippen molar-refractivity contribution < 1.29 is 4.74 Å². The highest BCUT2D eigenvalue weighted by molar-refractivity contribution is 7.96. The fourth-order valence-electron chi connectivity index (χ4n) is 3.61. The van der Waals surface area contributed by atoms with Crippen molar-refractivity contribution >= 4 is 40.5 Å². The molecule has 0 bridgehead atoms. The molecule has 1 aliphatic carbocycles. The predicted octanol–water partition coefficient (Wildman–Crippen LogP) is 4.00. The SMILES string of the molecule is CSN1CCN(c2ccc(-c3nc4nc(OC5CCC5)[nH]c4cc3Cl)cn2)CC1. The van der Waals surface area contributed by atoms with E-state index in [1.807, 2.05) is 24.4 Å². The molecule has 0 amide bonds. The summed E-state index contributed by atoms with van der Waals surface area (Å²) in [6.07, 6.45) is 7.61. The molecule has 0 aromatic carbocycles. The van der Waals surface area contributed by atoms with E-state index in [0.29, 0.717) is 22.4 Å². The summed E-state index contributed by atoms with van der Waals surface area (Å²) >= 11 is 8.31. The Hall–Kier alpha value is -2.03. The van der Waals surface area contributed by atoms with Gasteiger partial charge in [-0.1, -0.05) is 23.5 Å². The van der Waals surface area contributed by atoms with Crippen molar-refractivity contribution in [1.29, 1.82) is 0 Å². The third kappa shape index (κ3) is 3.89. The summed E-state index contributed by atoms with van der Waals surface area (Å²) < 4.78 is 8.22. The minimum Gasteiger partial charge on any atom is -0.461 e. The number of pyridine rings is 2. The highest BCUT2D eigenvalue weighted by Crippen LogP contribution is 2.31. The van der Waals surface area contributed by atoms with Gasteiger partial charge in [-0.3, -0.25) is 0 Å². The Morgan fingerprint density at radius 3 is 2.66 bits per heavy atom. The minimum atomic E-state index is 0.264. The van der Waals surface area contributed by atoms with Gasteiger partial charge >= 0.3 is 0 Å². The maximum Gasteiger partial charge on any atom is 0.296 e. The third-order valence-electron chi connectivity index (χ3n) is 5.58. The third-order valence-corrected chi connectivity index (χ3v) is 6.75. The molecule has 0 spiro atoms. The molecular formula is C20H23ClN6OS. The van der Waals surface area contributed by atoms with Crippen molar-refractivity contribution in [1.82, 2.24) is 24.2 Å². The molecule has 29 heavy (non-hydrogen) atoms. The first-order chi connectivity index (χ1) is 14.2. The van der Waals surface area contributed by atoms with Gasteiger partial charge in [0.15, 0.2) is 5.65 Å². The number of anilines is 1. The minimum absolute atomic E-state index is 0.264. The highest BCUT2D eigenvalue weighted by Gasteiger charge is 2.21. The van der Waals surface area contributed by atoms with Gasteiger partial charge in [-0.05, 0) is 43.7 Å². The number of hydrogen-bond donors (Lipinski definition) is 1. The Balaban J connectivity index is 1.36. The Morgan fingerprint density at radius 2 is 2.00 bits per heavy atom. The van der Waals surface area contributed by atoms with Crippen LogP contribution >= 0.6 is 23.5 Å². The standard InChI is InChI=1S/C20H23ClN6OS/c1-29-27-9-7-26(8-10-27)17-6-5-13(12-22-17)18-15(21)11-16-19(24-18)25-20(23-16)28-14-3-2-4-14/h5-6,11-12,14H,2-4,7-10H2,1H3,(H,23,24,25). The van der Waals surface area contributed by atoms with Gasteiger partial charge in [0.25, 0.3) is 6.01 Å². The van der Waals surface area contributed by atoms with Crippen LogP contribution in [0.25, 0.3) is 22.4 Å². The van der Waals surface area contributed by atoms with Crippen LogP contribution in [0.1, 0.15) is 19.3 Å². The molecule has 1 saturated heterocycles. The monoisotopic (exact) mass is 430 g/mol. The number of imidazole rings is 1. The first-order valence-electron chi connectivity index (χ1n) is 9.93. The van der Waals surface area contributed by atoms with Crippen LogP contribution in [0.5, 0.6) is 6.01 Å². The fraction of sp³-hybridized carbons (Fsp3) is 0.450. The van der Waals surface area contributed by atoms with Crippen LogP contribution in [0.3, 0.4) is 0 Å². The molecule has 1 aliphatic heterocycles. The van der Waals surface area contributed by atoms with Crippen LogP contribution in [-0.4, -0.2) is 62.8 Å². The van der Waals surface area contributed by atoms with Gasteiger partial charge in [-0.15, -0.1) is 0 Å². The molecular weight excluding hydrogens is 408 g/mol. The molecule has 9 heteroatoms. The van der Waals surface area contributed by atoms with E-state index in [9.17, 15) is 0 Å². The Kier molecular flexibility index (Phi) is 5.24. The van der Waals surface area contributed by atoms with Crippen LogP contribution in [0.15, 0.2) is 24.4 Å². The maximum absolute atomic E-state index is 6.51.